The van der Waals surface area contributed by atoms with Crippen molar-refractivity contribution >= 4 is 26.8 Å². The molecule has 0 saturated heterocycles. The van der Waals surface area contributed by atoms with Crippen molar-refractivity contribution in [3.63, 3.8) is 0 Å². The van der Waals surface area contributed by atoms with Crippen LogP contribution in [0.2, 0.25) is 0 Å². The van der Waals surface area contributed by atoms with Crippen LogP contribution in [0.5, 0.6) is 11.6 Å². The standard InChI is InChI=1S/C18H16BrNO/c1-12(2)15-11-14(19)8-9-17(15)21-18-10-7-13-5-3-4-6-16(13)20-18/h3-12H,1-2H3. The molecule has 2 aromatic carbocycles. The Balaban J connectivity index is 1.98. The molecule has 0 bridgehead atoms. The second-order valence-electron chi connectivity index (χ2n) is 5.28. The zero-order valence-corrected chi connectivity index (χ0v) is 13.6. The molecule has 0 aliphatic carbocycles. The maximum Gasteiger partial charge on any atom is 0.219 e. The fraction of sp³-hybridized carbons (Fsp3) is 0.167. The highest BCUT2D eigenvalue weighted by Gasteiger charge is 2.10. The summed E-state index contributed by atoms with van der Waals surface area (Å²) in [5.74, 6) is 1.87. The van der Waals surface area contributed by atoms with Crippen molar-refractivity contribution in [3.8, 4) is 11.6 Å². The first-order valence-corrected chi connectivity index (χ1v) is 7.76. The summed E-state index contributed by atoms with van der Waals surface area (Å²) in [6.45, 7) is 4.31. The first kappa shape index (κ1) is 14.1. The molecule has 3 aromatic rings. The van der Waals surface area contributed by atoms with Gasteiger partial charge in [0.25, 0.3) is 0 Å². The summed E-state index contributed by atoms with van der Waals surface area (Å²) in [6.07, 6.45) is 0. The predicted molar refractivity (Wildman–Crippen MR) is 90.0 cm³/mol. The molecule has 21 heavy (non-hydrogen) atoms. The van der Waals surface area contributed by atoms with Gasteiger partial charge in [-0.05, 0) is 41.8 Å². The lowest BCUT2D eigenvalue weighted by Gasteiger charge is -2.14. The molecule has 0 aliphatic rings. The molecule has 0 spiro atoms. The van der Waals surface area contributed by atoms with Crippen LogP contribution < -0.4 is 4.74 Å². The topological polar surface area (TPSA) is 22.1 Å². The number of fused-ring (bicyclic) bond motifs is 1. The molecule has 3 heteroatoms. The molecule has 0 N–H and O–H groups in total. The summed E-state index contributed by atoms with van der Waals surface area (Å²) in [4.78, 5) is 4.56. The molecule has 2 nitrogen and oxygen atoms in total. The van der Waals surface area contributed by atoms with Crippen LogP contribution in [0.25, 0.3) is 10.9 Å². The van der Waals surface area contributed by atoms with E-state index in [1.165, 1.54) is 5.56 Å². The molecule has 0 aliphatic heterocycles. The van der Waals surface area contributed by atoms with Crippen LogP contribution in [0.3, 0.4) is 0 Å². The normalized spacial score (nSPS) is 11.0. The van der Waals surface area contributed by atoms with Crippen LogP contribution >= 0.6 is 15.9 Å². The van der Waals surface area contributed by atoms with Crippen molar-refractivity contribution in [2.45, 2.75) is 19.8 Å². The molecular weight excluding hydrogens is 326 g/mol. The van der Waals surface area contributed by atoms with Crippen LogP contribution in [0, 0.1) is 0 Å². The van der Waals surface area contributed by atoms with Crippen molar-refractivity contribution in [1.29, 1.82) is 0 Å². The summed E-state index contributed by atoms with van der Waals surface area (Å²) in [7, 11) is 0. The Morgan fingerprint density at radius 1 is 1.00 bits per heavy atom. The zero-order valence-electron chi connectivity index (χ0n) is 12.0. The van der Waals surface area contributed by atoms with E-state index in [4.69, 9.17) is 4.74 Å². The van der Waals surface area contributed by atoms with E-state index in [9.17, 15) is 0 Å². The average molecular weight is 342 g/mol. The number of para-hydroxylation sites is 1. The number of rotatable bonds is 3. The van der Waals surface area contributed by atoms with Gasteiger partial charge in [0.2, 0.25) is 5.88 Å². The van der Waals surface area contributed by atoms with E-state index in [-0.39, 0.29) is 0 Å². The van der Waals surface area contributed by atoms with Gasteiger partial charge >= 0.3 is 0 Å². The van der Waals surface area contributed by atoms with Crippen LogP contribution in [0.1, 0.15) is 25.3 Å². The molecular formula is C18H16BrNO. The number of hydrogen-bond acceptors (Lipinski definition) is 2. The van der Waals surface area contributed by atoms with Crippen molar-refractivity contribution in [2.75, 3.05) is 0 Å². The van der Waals surface area contributed by atoms with E-state index in [2.05, 4.69) is 40.8 Å². The van der Waals surface area contributed by atoms with E-state index in [1.54, 1.807) is 0 Å². The Kier molecular flexibility index (Phi) is 3.93. The number of benzene rings is 2. The highest BCUT2D eigenvalue weighted by molar-refractivity contribution is 9.10. The van der Waals surface area contributed by atoms with Gasteiger partial charge in [0.1, 0.15) is 5.75 Å². The highest BCUT2D eigenvalue weighted by atomic mass is 79.9. The predicted octanol–water partition coefficient (Wildman–Crippen LogP) is 5.91. The highest BCUT2D eigenvalue weighted by Crippen LogP contribution is 2.32. The number of hydrogen-bond donors (Lipinski definition) is 0. The quantitative estimate of drug-likeness (QED) is 0.590. The molecule has 0 saturated carbocycles. The third kappa shape index (κ3) is 3.08. The first-order chi connectivity index (χ1) is 10.1. The zero-order chi connectivity index (χ0) is 14.8. The van der Waals surface area contributed by atoms with E-state index in [0.29, 0.717) is 11.8 Å². The molecule has 1 aromatic heterocycles. The van der Waals surface area contributed by atoms with Gasteiger partial charge < -0.3 is 4.74 Å². The molecule has 1 heterocycles. The molecule has 0 amide bonds. The minimum Gasteiger partial charge on any atom is -0.439 e. The smallest absolute Gasteiger partial charge is 0.219 e. The third-order valence-corrected chi connectivity index (χ3v) is 3.87. The van der Waals surface area contributed by atoms with Gasteiger partial charge in [0.05, 0.1) is 5.52 Å². The third-order valence-electron chi connectivity index (χ3n) is 3.38. The van der Waals surface area contributed by atoms with E-state index in [1.807, 2.05) is 48.5 Å². The van der Waals surface area contributed by atoms with Gasteiger partial charge in [-0.15, -0.1) is 0 Å². The molecule has 106 valence electrons. The van der Waals surface area contributed by atoms with Crippen molar-refractivity contribution < 1.29 is 4.74 Å². The number of pyridine rings is 1. The summed E-state index contributed by atoms with van der Waals surface area (Å²) >= 11 is 3.51. The Morgan fingerprint density at radius 3 is 2.62 bits per heavy atom. The SMILES string of the molecule is CC(C)c1cc(Br)ccc1Oc1ccc2ccccc2n1. The molecule has 3 rings (SSSR count). The minimum absolute atomic E-state index is 0.387. The second kappa shape index (κ2) is 5.86. The van der Waals surface area contributed by atoms with Crippen molar-refractivity contribution in [1.82, 2.24) is 4.98 Å². The Bertz CT molecular complexity index is 783. The monoisotopic (exact) mass is 341 g/mol. The Labute approximate surface area is 132 Å². The van der Waals surface area contributed by atoms with Crippen LogP contribution in [0.15, 0.2) is 59.1 Å². The average Bonchev–Trinajstić information content (AvgIpc) is 2.49. The largest absolute Gasteiger partial charge is 0.439 e. The lowest BCUT2D eigenvalue weighted by Crippen LogP contribution is -1.95. The summed E-state index contributed by atoms with van der Waals surface area (Å²) in [5, 5.41) is 1.12. The van der Waals surface area contributed by atoms with Crippen LogP contribution in [-0.2, 0) is 0 Å². The summed E-state index contributed by atoms with van der Waals surface area (Å²) < 4.78 is 7.06. The second-order valence-corrected chi connectivity index (χ2v) is 6.20. The van der Waals surface area contributed by atoms with Crippen molar-refractivity contribution in [3.05, 3.63) is 64.6 Å². The summed E-state index contributed by atoms with van der Waals surface area (Å²) in [6, 6.07) is 18.0. The van der Waals surface area contributed by atoms with Crippen LogP contribution in [-0.4, -0.2) is 4.98 Å². The van der Waals surface area contributed by atoms with Crippen molar-refractivity contribution in [2.24, 2.45) is 0 Å². The molecule has 0 atom stereocenters. The van der Waals surface area contributed by atoms with E-state index >= 15 is 0 Å². The lowest BCUT2D eigenvalue weighted by molar-refractivity contribution is 0.456. The Morgan fingerprint density at radius 2 is 1.81 bits per heavy atom. The number of ether oxygens (including phenoxy) is 1. The Hall–Kier alpha value is -1.87. The molecule has 0 radical (unpaired) electrons. The maximum atomic E-state index is 6.00. The lowest BCUT2D eigenvalue weighted by atomic mass is 10.0. The maximum absolute atomic E-state index is 6.00. The fourth-order valence-corrected chi connectivity index (χ4v) is 2.66. The first-order valence-electron chi connectivity index (χ1n) is 6.96. The minimum atomic E-state index is 0.387. The summed E-state index contributed by atoms with van der Waals surface area (Å²) in [5.41, 5.74) is 2.11. The van der Waals surface area contributed by atoms with Gasteiger partial charge in [-0.1, -0.05) is 48.0 Å². The van der Waals surface area contributed by atoms with Gasteiger partial charge in [-0.25, -0.2) is 4.98 Å². The molecule has 0 fully saturated rings. The van der Waals surface area contributed by atoms with Gasteiger partial charge in [-0.3, -0.25) is 0 Å². The number of aromatic nitrogens is 1. The van der Waals surface area contributed by atoms with Gasteiger partial charge in [0.15, 0.2) is 0 Å². The van der Waals surface area contributed by atoms with Gasteiger partial charge in [-0.2, -0.15) is 0 Å². The van der Waals surface area contributed by atoms with E-state index < -0.39 is 0 Å². The fourth-order valence-electron chi connectivity index (χ4n) is 2.28. The van der Waals surface area contributed by atoms with E-state index in [0.717, 1.165) is 21.1 Å². The number of halogens is 1. The number of nitrogens with zero attached hydrogens (tertiary/aromatic N) is 1. The molecule has 0 unspecified atom stereocenters. The van der Waals surface area contributed by atoms with Crippen LogP contribution in [0.4, 0.5) is 0 Å². The van der Waals surface area contributed by atoms with Gasteiger partial charge in [0, 0.05) is 15.9 Å².